The van der Waals surface area contributed by atoms with Gasteiger partial charge in [0.2, 0.25) is 0 Å². The summed E-state index contributed by atoms with van der Waals surface area (Å²) < 4.78 is 5.15. The van der Waals surface area contributed by atoms with Crippen molar-refractivity contribution >= 4 is 5.96 Å². The highest BCUT2D eigenvalue weighted by molar-refractivity contribution is 5.79. The van der Waals surface area contributed by atoms with Crippen LogP contribution in [0.25, 0.3) is 0 Å². The summed E-state index contributed by atoms with van der Waals surface area (Å²) in [6, 6.07) is 0. The van der Waals surface area contributed by atoms with Crippen LogP contribution in [0.2, 0.25) is 0 Å². The molecular weight excluding hydrogens is 202 g/mol. The van der Waals surface area contributed by atoms with E-state index in [1.807, 2.05) is 28.2 Å². The van der Waals surface area contributed by atoms with Crippen molar-refractivity contribution in [3.8, 4) is 0 Å². The Labute approximate surface area is 99.3 Å². The molecule has 0 atom stereocenters. The topological polar surface area (TPSA) is 28.1 Å². The summed E-state index contributed by atoms with van der Waals surface area (Å²) in [5, 5.41) is 0. The fourth-order valence-electron chi connectivity index (χ4n) is 1.90. The van der Waals surface area contributed by atoms with Gasteiger partial charge in [-0.05, 0) is 24.7 Å². The van der Waals surface area contributed by atoms with E-state index in [0.717, 1.165) is 25.5 Å². The van der Waals surface area contributed by atoms with Crippen LogP contribution in [0.4, 0.5) is 0 Å². The Balaban J connectivity index is 2.50. The maximum Gasteiger partial charge on any atom is 0.195 e. The summed E-state index contributed by atoms with van der Waals surface area (Å²) in [6.45, 7) is 1.79. The molecule has 0 aromatic heterocycles. The van der Waals surface area contributed by atoms with Crippen LogP contribution in [0.5, 0.6) is 0 Å². The largest absolute Gasteiger partial charge is 0.385 e. The number of aliphatic imine (C=N–C) groups is 1. The zero-order chi connectivity index (χ0) is 12.2. The van der Waals surface area contributed by atoms with Crippen molar-refractivity contribution in [2.45, 2.75) is 19.3 Å². The van der Waals surface area contributed by atoms with Gasteiger partial charge in [0.25, 0.3) is 0 Å². The summed E-state index contributed by atoms with van der Waals surface area (Å²) in [5.41, 5.74) is 0.438. The second-order valence-corrected chi connectivity index (χ2v) is 5.15. The van der Waals surface area contributed by atoms with Crippen LogP contribution in [-0.4, -0.2) is 64.2 Å². The van der Waals surface area contributed by atoms with E-state index < -0.39 is 0 Å². The van der Waals surface area contributed by atoms with Crippen LogP contribution >= 0.6 is 0 Å². The summed E-state index contributed by atoms with van der Waals surface area (Å²) in [6.07, 6.45) is 3.74. The Morgan fingerprint density at radius 2 is 1.75 bits per heavy atom. The zero-order valence-electron chi connectivity index (χ0n) is 11.3. The van der Waals surface area contributed by atoms with Crippen molar-refractivity contribution in [1.29, 1.82) is 0 Å². The minimum Gasteiger partial charge on any atom is -0.385 e. The zero-order valence-corrected chi connectivity index (χ0v) is 11.3. The Bertz CT molecular complexity index is 235. The van der Waals surface area contributed by atoms with Gasteiger partial charge >= 0.3 is 0 Å². The number of rotatable bonds is 5. The van der Waals surface area contributed by atoms with E-state index in [9.17, 15) is 0 Å². The first kappa shape index (κ1) is 13.3. The molecule has 0 N–H and O–H groups in total. The Morgan fingerprint density at radius 3 is 2.12 bits per heavy atom. The van der Waals surface area contributed by atoms with Crippen molar-refractivity contribution in [3.63, 3.8) is 0 Å². The minimum atomic E-state index is 0.438. The van der Waals surface area contributed by atoms with E-state index in [0.29, 0.717) is 5.41 Å². The quantitative estimate of drug-likeness (QED) is 0.523. The van der Waals surface area contributed by atoms with E-state index in [-0.39, 0.29) is 0 Å². The van der Waals surface area contributed by atoms with Gasteiger partial charge in [-0.25, -0.2) is 0 Å². The standard InChI is InChI=1S/C12H25N3O/c1-14(2)11(15(3)4)13-10-12(6-7-12)8-9-16-5/h6-10H2,1-5H3. The van der Waals surface area contributed by atoms with Crippen molar-refractivity contribution in [2.75, 3.05) is 48.5 Å². The van der Waals surface area contributed by atoms with Crippen LogP contribution in [0, 0.1) is 5.41 Å². The molecule has 0 aliphatic heterocycles. The van der Waals surface area contributed by atoms with Crippen molar-refractivity contribution in [2.24, 2.45) is 10.4 Å². The third-order valence-corrected chi connectivity index (χ3v) is 3.15. The Kier molecular flexibility index (Phi) is 4.59. The fourth-order valence-corrected chi connectivity index (χ4v) is 1.90. The monoisotopic (exact) mass is 227 g/mol. The van der Waals surface area contributed by atoms with Gasteiger partial charge in [-0.2, -0.15) is 0 Å². The number of methoxy groups -OCH3 is 1. The summed E-state index contributed by atoms with van der Waals surface area (Å²) in [5.74, 6) is 1.05. The number of ether oxygens (including phenoxy) is 1. The van der Waals surface area contributed by atoms with E-state index >= 15 is 0 Å². The van der Waals surface area contributed by atoms with Crippen molar-refractivity contribution < 1.29 is 4.74 Å². The first-order valence-corrected chi connectivity index (χ1v) is 5.89. The highest BCUT2D eigenvalue weighted by atomic mass is 16.5. The van der Waals surface area contributed by atoms with Gasteiger partial charge in [0, 0.05) is 48.5 Å². The maximum atomic E-state index is 5.15. The van der Waals surface area contributed by atoms with Crippen LogP contribution in [-0.2, 0) is 4.74 Å². The van der Waals surface area contributed by atoms with E-state index in [1.165, 1.54) is 12.8 Å². The molecule has 0 bridgehead atoms. The van der Waals surface area contributed by atoms with Crippen molar-refractivity contribution in [3.05, 3.63) is 0 Å². The number of hydrogen-bond acceptors (Lipinski definition) is 2. The van der Waals surface area contributed by atoms with E-state index in [4.69, 9.17) is 9.73 Å². The normalized spacial score (nSPS) is 16.8. The molecule has 0 spiro atoms. The lowest BCUT2D eigenvalue weighted by Gasteiger charge is -2.23. The molecule has 0 amide bonds. The molecule has 16 heavy (non-hydrogen) atoms. The fraction of sp³-hybridized carbons (Fsp3) is 0.917. The second-order valence-electron chi connectivity index (χ2n) is 5.15. The number of hydrogen-bond donors (Lipinski definition) is 0. The van der Waals surface area contributed by atoms with Gasteiger partial charge in [-0.3, -0.25) is 4.99 Å². The summed E-state index contributed by atoms with van der Waals surface area (Å²) in [7, 11) is 9.91. The molecule has 0 unspecified atom stereocenters. The second kappa shape index (κ2) is 5.53. The first-order chi connectivity index (χ1) is 7.51. The summed E-state index contributed by atoms with van der Waals surface area (Å²) in [4.78, 5) is 8.85. The number of nitrogens with zero attached hydrogens (tertiary/aromatic N) is 3. The van der Waals surface area contributed by atoms with E-state index in [2.05, 4.69) is 9.80 Å². The van der Waals surface area contributed by atoms with Gasteiger partial charge in [0.1, 0.15) is 0 Å². The number of guanidine groups is 1. The van der Waals surface area contributed by atoms with Gasteiger partial charge in [0.05, 0.1) is 0 Å². The predicted octanol–water partition coefficient (Wildman–Crippen LogP) is 1.28. The maximum absolute atomic E-state index is 5.15. The molecule has 4 nitrogen and oxygen atoms in total. The smallest absolute Gasteiger partial charge is 0.195 e. The molecule has 1 aliphatic carbocycles. The van der Waals surface area contributed by atoms with Gasteiger partial charge in [-0.15, -0.1) is 0 Å². The molecule has 94 valence electrons. The molecule has 1 rings (SSSR count). The highest BCUT2D eigenvalue weighted by Gasteiger charge is 2.41. The van der Waals surface area contributed by atoms with Gasteiger partial charge in [0.15, 0.2) is 5.96 Å². The Morgan fingerprint density at radius 1 is 1.19 bits per heavy atom. The lowest BCUT2D eigenvalue weighted by molar-refractivity contribution is 0.174. The van der Waals surface area contributed by atoms with Crippen LogP contribution in [0.15, 0.2) is 4.99 Å². The lowest BCUT2D eigenvalue weighted by atomic mass is 10.0. The molecule has 1 saturated carbocycles. The van der Waals surface area contributed by atoms with Gasteiger partial charge < -0.3 is 14.5 Å². The molecular formula is C12H25N3O. The molecule has 4 heteroatoms. The molecule has 1 fully saturated rings. The first-order valence-electron chi connectivity index (χ1n) is 5.89. The molecule has 0 aromatic carbocycles. The summed E-state index contributed by atoms with van der Waals surface area (Å²) >= 11 is 0. The Hall–Kier alpha value is -0.770. The molecule has 0 saturated heterocycles. The van der Waals surface area contributed by atoms with E-state index in [1.54, 1.807) is 7.11 Å². The SMILES string of the molecule is COCCC1(CN=C(N(C)C)N(C)C)CC1. The van der Waals surface area contributed by atoms with Crippen LogP contribution in [0.1, 0.15) is 19.3 Å². The molecule has 0 aromatic rings. The van der Waals surface area contributed by atoms with Crippen LogP contribution < -0.4 is 0 Å². The molecule has 0 heterocycles. The van der Waals surface area contributed by atoms with Gasteiger partial charge in [-0.1, -0.05) is 0 Å². The minimum absolute atomic E-state index is 0.438. The highest BCUT2D eigenvalue weighted by Crippen LogP contribution is 2.49. The predicted molar refractivity (Wildman–Crippen MR) is 67.8 cm³/mol. The molecule has 1 aliphatic rings. The third-order valence-electron chi connectivity index (χ3n) is 3.15. The third kappa shape index (κ3) is 3.67. The van der Waals surface area contributed by atoms with Crippen molar-refractivity contribution in [1.82, 2.24) is 9.80 Å². The molecule has 0 radical (unpaired) electrons. The lowest BCUT2D eigenvalue weighted by Crippen LogP contribution is -2.36. The average molecular weight is 227 g/mol. The van der Waals surface area contributed by atoms with Crippen LogP contribution in [0.3, 0.4) is 0 Å². The average Bonchev–Trinajstić information content (AvgIpc) is 2.95.